The minimum Gasteiger partial charge on any atom is -0.353 e. The summed E-state index contributed by atoms with van der Waals surface area (Å²) in [6, 6.07) is 0. The minimum absolute atomic E-state index is 0.0933. The Hall–Kier alpha value is -0.520. The molecular weight excluding hydrogens is 272 g/mol. The first kappa shape index (κ1) is 19.5. The predicted octanol–water partition coefficient (Wildman–Crippen LogP) is 5.84. The van der Waals surface area contributed by atoms with Crippen LogP contribution < -0.4 is 0 Å². The Morgan fingerprint density at radius 2 is 1.55 bits per heavy atom. The maximum Gasteiger partial charge on any atom is 0.157 e. The maximum absolute atomic E-state index is 5.75. The molecule has 22 heavy (non-hydrogen) atoms. The van der Waals surface area contributed by atoms with Gasteiger partial charge in [0.15, 0.2) is 6.29 Å². The predicted molar refractivity (Wildman–Crippen MR) is 93.8 cm³/mol. The quantitative estimate of drug-likeness (QED) is 0.333. The van der Waals surface area contributed by atoms with Gasteiger partial charge in [-0.1, -0.05) is 51.9 Å². The lowest BCUT2D eigenvalue weighted by Crippen LogP contribution is -2.22. The largest absolute Gasteiger partial charge is 0.353 e. The highest BCUT2D eigenvalue weighted by molar-refractivity contribution is 4.97. The van der Waals surface area contributed by atoms with Gasteiger partial charge in [-0.3, -0.25) is 0 Å². The molecule has 1 fully saturated rings. The summed E-state index contributed by atoms with van der Waals surface area (Å²) in [7, 11) is 0. The lowest BCUT2D eigenvalue weighted by atomic mass is 10.1. The van der Waals surface area contributed by atoms with Crippen molar-refractivity contribution in [1.82, 2.24) is 0 Å². The number of ether oxygens (including phenoxy) is 2. The number of rotatable bonds is 12. The highest BCUT2D eigenvalue weighted by atomic mass is 16.7. The fourth-order valence-electron chi connectivity index (χ4n) is 2.82. The van der Waals surface area contributed by atoms with E-state index in [1.54, 1.807) is 0 Å². The zero-order valence-corrected chi connectivity index (χ0v) is 14.7. The van der Waals surface area contributed by atoms with E-state index in [0.29, 0.717) is 0 Å². The van der Waals surface area contributed by atoms with Gasteiger partial charge < -0.3 is 9.47 Å². The van der Waals surface area contributed by atoms with Crippen LogP contribution in [0.15, 0.2) is 0 Å². The van der Waals surface area contributed by atoms with Gasteiger partial charge in [0.2, 0.25) is 0 Å². The summed E-state index contributed by atoms with van der Waals surface area (Å²) in [6.07, 6.45) is 17.8. The second-order valence-corrected chi connectivity index (χ2v) is 6.31. The molecule has 1 aliphatic rings. The molecule has 1 atom stereocenters. The highest BCUT2D eigenvalue weighted by Crippen LogP contribution is 2.15. The zero-order valence-electron chi connectivity index (χ0n) is 14.7. The normalized spacial score (nSPS) is 18.0. The Labute approximate surface area is 138 Å². The second kappa shape index (κ2) is 15.4. The number of hydrogen-bond donors (Lipinski definition) is 0. The Balaban J connectivity index is 1.71. The molecular formula is C20H36O2. The fourth-order valence-corrected chi connectivity index (χ4v) is 2.82. The summed E-state index contributed by atoms with van der Waals surface area (Å²) in [6.45, 7) is 3.88. The van der Waals surface area contributed by atoms with Gasteiger partial charge in [0.1, 0.15) is 0 Å². The maximum atomic E-state index is 5.75. The van der Waals surface area contributed by atoms with Crippen molar-refractivity contribution >= 4 is 0 Å². The average molecular weight is 309 g/mol. The Bertz CT molecular complexity index is 284. The molecule has 2 heteroatoms. The summed E-state index contributed by atoms with van der Waals surface area (Å²) in [5.74, 6) is 6.36. The van der Waals surface area contributed by atoms with Gasteiger partial charge in [-0.15, -0.1) is 11.8 Å². The molecule has 1 rings (SSSR count). The van der Waals surface area contributed by atoms with E-state index >= 15 is 0 Å². The Morgan fingerprint density at radius 1 is 0.864 bits per heavy atom. The van der Waals surface area contributed by atoms with Crippen molar-refractivity contribution in [3.8, 4) is 11.8 Å². The molecule has 0 saturated carbocycles. The number of hydrogen-bond acceptors (Lipinski definition) is 2. The molecule has 0 amide bonds. The van der Waals surface area contributed by atoms with Crippen LogP contribution in [0, 0.1) is 11.8 Å². The fraction of sp³-hybridized carbons (Fsp3) is 0.900. The van der Waals surface area contributed by atoms with Crippen LogP contribution in [0.25, 0.3) is 0 Å². The van der Waals surface area contributed by atoms with Crippen LogP contribution in [0.3, 0.4) is 0 Å². The van der Waals surface area contributed by atoms with E-state index in [1.807, 2.05) is 0 Å². The molecule has 128 valence electrons. The van der Waals surface area contributed by atoms with Crippen LogP contribution in [0.5, 0.6) is 0 Å². The first-order valence-electron chi connectivity index (χ1n) is 9.62. The van der Waals surface area contributed by atoms with E-state index in [4.69, 9.17) is 9.47 Å². The molecule has 1 unspecified atom stereocenters. The summed E-state index contributed by atoms with van der Waals surface area (Å²) < 4.78 is 11.3. The van der Waals surface area contributed by atoms with E-state index in [9.17, 15) is 0 Å². The van der Waals surface area contributed by atoms with Gasteiger partial charge in [0.05, 0.1) is 0 Å². The Morgan fingerprint density at radius 3 is 2.18 bits per heavy atom. The standard InChI is InChI=1S/C20H36O2/c1-2-3-4-5-6-7-8-9-10-11-12-13-15-18-21-20-17-14-16-19-22-20/h20H,2,5-19H2,1H3. The molecule has 1 saturated heterocycles. The molecule has 0 aliphatic carbocycles. The molecule has 0 aromatic rings. The molecule has 0 bridgehead atoms. The van der Waals surface area contributed by atoms with Crippen LogP contribution in [0.1, 0.15) is 96.8 Å². The molecule has 0 N–H and O–H groups in total. The van der Waals surface area contributed by atoms with Gasteiger partial charge >= 0.3 is 0 Å². The molecule has 2 nitrogen and oxygen atoms in total. The molecule has 0 aromatic carbocycles. The SMILES string of the molecule is CCC#CCCCCCCCCCCCOC1CCCCO1. The van der Waals surface area contributed by atoms with E-state index in [0.717, 1.165) is 32.5 Å². The van der Waals surface area contributed by atoms with Crippen molar-refractivity contribution in [2.45, 2.75) is 103 Å². The molecule has 1 aliphatic heterocycles. The average Bonchev–Trinajstić information content (AvgIpc) is 2.56. The first-order chi connectivity index (χ1) is 10.9. The van der Waals surface area contributed by atoms with Crippen LogP contribution in [-0.4, -0.2) is 19.5 Å². The van der Waals surface area contributed by atoms with Gasteiger partial charge in [-0.2, -0.15) is 0 Å². The van der Waals surface area contributed by atoms with Gasteiger partial charge in [0.25, 0.3) is 0 Å². The topological polar surface area (TPSA) is 18.5 Å². The van der Waals surface area contributed by atoms with Crippen molar-refractivity contribution < 1.29 is 9.47 Å². The number of unbranched alkanes of at least 4 members (excludes halogenated alkanes) is 9. The van der Waals surface area contributed by atoms with Crippen LogP contribution in [0.4, 0.5) is 0 Å². The van der Waals surface area contributed by atoms with Gasteiger partial charge in [-0.25, -0.2) is 0 Å². The van der Waals surface area contributed by atoms with E-state index < -0.39 is 0 Å². The van der Waals surface area contributed by atoms with Crippen molar-refractivity contribution in [3.63, 3.8) is 0 Å². The summed E-state index contributed by atoms with van der Waals surface area (Å²) in [5.41, 5.74) is 0. The Kier molecular flexibility index (Phi) is 13.6. The lowest BCUT2D eigenvalue weighted by Gasteiger charge is -2.22. The van der Waals surface area contributed by atoms with E-state index in [-0.39, 0.29) is 6.29 Å². The van der Waals surface area contributed by atoms with E-state index in [1.165, 1.54) is 70.6 Å². The van der Waals surface area contributed by atoms with Crippen molar-refractivity contribution in [2.24, 2.45) is 0 Å². The van der Waals surface area contributed by atoms with Crippen molar-refractivity contribution in [2.75, 3.05) is 13.2 Å². The third-order valence-electron chi connectivity index (χ3n) is 4.19. The van der Waals surface area contributed by atoms with Crippen LogP contribution in [0.2, 0.25) is 0 Å². The first-order valence-corrected chi connectivity index (χ1v) is 9.62. The van der Waals surface area contributed by atoms with Crippen LogP contribution in [-0.2, 0) is 9.47 Å². The van der Waals surface area contributed by atoms with Crippen molar-refractivity contribution in [3.05, 3.63) is 0 Å². The molecule has 0 radical (unpaired) electrons. The summed E-state index contributed by atoms with van der Waals surface area (Å²) in [4.78, 5) is 0. The molecule has 0 aromatic heterocycles. The molecule has 1 heterocycles. The van der Waals surface area contributed by atoms with Gasteiger partial charge in [-0.05, 0) is 32.1 Å². The minimum atomic E-state index is 0.0933. The third-order valence-corrected chi connectivity index (χ3v) is 4.19. The lowest BCUT2D eigenvalue weighted by molar-refractivity contribution is -0.162. The highest BCUT2D eigenvalue weighted by Gasteiger charge is 2.13. The summed E-state index contributed by atoms with van der Waals surface area (Å²) >= 11 is 0. The summed E-state index contributed by atoms with van der Waals surface area (Å²) in [5, 5.41) is 0. The second-order valence-electron chi connectivity index (χ2n) is 6.31. The molecule has 0 spiro atoms. The monoisotopic (exact) mass is 308 g/mol. The zero-order chi connectivity index (χ0) is 15.7. The van der Waals surface area contributed by atoms with E-state index in [2.05, 4.69) is 18.8 Å². The smallest absolute Gasteiger partial charge is 0.157 e. The third kappa shape index (κ3) is 12.1. The van der Waals surface area contributed by atoms with Crippen LogP contribution >= 0.6 is 0 Å². The van der Waals surface area contributed by atoms with Crippen molar-refractivity contribution in [1.29, 1.82) is 0 Å². The van der Waals surface area contributed by atoms with Gasteiger partial charge in [0, 0.05) is 26.1 Å².